The molecule has 0 radical (unpaired) electrons. The van der Waals surface area contributed by atoms with E-state index in [1.807, 2.05) is 0 Å². The Balaban J connectivity index is 1.78. The Morgan fingerprint density at radius 2 is 1.88 bits per heavy atom. The highest BCUT2D eigenvalue weighted by Gasteiger charge is 2.09. The molecule has 3 rings (SSSR count). The molecule has 2 heterocycles. The highest BCUT2D eigenvalue weighted by atomic mass is 19.1. The number of amides is 1. The quantitative estimate of drug-likeness (QED) is 0.752. The number of aromatic amines is 1. The van der Waals surface area contributed by atoms with E-state index in [-0.39, 0.29) is 6.54 Å². The molecule has 2 aromatic heterocycles. The van der Waals surface area contributed by atoms with Crippen molar-refractivity contribution in [2.24, 2.45) is 0 Å². The average molecular weight is 328 g/mol. The molecule has 7 nitrogen and oxygen atoms in total. The van der Waals surface area contributed by atoms with Gasteiger partial charge >= 0.3 is 5.69 Å². The van der Waals surface area contributed by atoms with Gasteiger partial charge in [-0.2, -0.15) is 0 Å². The summed E-state index contributed by atoms with van der Waals surface area (Å²) >= 11 is 0. The Labute approximate surface area is 135 Å². The minimum absolute atomic E-state index is 0.272. The van der Waals surface area contributed by atoms with Crippen molar-refractivity contribution in [1.29, 1.82) is 0 Å². The van der Waals surface area contributed by atoms with Gasteiger partial charge in [0.2, 0.25) is 5.91 Å². The zero-order valence-corrected chi connectivity index (χ0v) is 12.4. The van der Waals surface area contributed by atoms with E-state index in [2.05, 4.69) is 10.3 Å². The molecule has 8 heteroatoms. The summed E-state index contributed by atoms with van der Waals surface area (Å²) in [6.45, 7) is -0.272. The summed E-state index contributed by atoms with van der Waals surface area (Å²) in [6, 6.07) is 8.83. The van der Waals surface area contributed by atoms with E-state index in [1.165, 1.54) is 24.4 Å². The zero-order chi connectivity index (χ0) is 17.1. The molecule has 0 saturated heterocycles. The van der Waals surface area contributed by atoms with Crippen LogP contribution in [0.25, 0.3) is 5.69 Å². The largest absolute Gasteiger partial charge is 0.328 e. The van der Waals surface area contributed by atoms with Gasteiger partial charge < -0.3 is 9.88 Å². The van der Waals surface area contributed by atoms with Gasteiger partial charge in [0.05, 0.1) is 5.69 Å². The van der Waals surface area contributed by atoms with Crippen LogP contribution in [0.1, 0.15) is 0 Å². The van der Waals surface area contributed by atoms with Crippen molar-refractivity contribution in [1.82, 2.24) is 14.1 Å². The molecule has 0 aliphatic rings. The first-order valence-electron chi connectivity index (χ1n) is 7.05. The lowest BCUT2D eigenvalue weighted by molar-refractivity contribution is -0.116. The average Bonchev–Trinajstić information content (AvgIpc) is 3.06. The third-order valence-electron chi connectivity index (χ3n) is 3.32. The van der Waals surface area contributed by atoms with Gasteiger partial charge in [-0.1, -0.05) is 0 Å². The molecule has 0 bridgehead atoms. The van der Waals surface area contributed by atoms with Gasteiger partial charge in [-0.3, -0.25) is 19.1 Å². The summed E-state index contributed by atoms with van der Waals surface area (Å²) in [5, 5.41) is 2.59. The standard InChI is InChI=1S/C16H13FN4O3/c17-12-4-3-11(9-13(12)20-6-1-2-7-20)18-15(23)10-21-8-5-14(22)19-16(21)24/h1-9H,10H2,(H,18,23)(H,19,22,24). The molecule has 0 fully saturated rings. The Morgan fingerprint density at radius 3 is 2.58 bits per heavy atom. The number of benzene rings is 1. The van der Waals surface area contributed by atoms with Crippen LogP contribution in [-0.2, 0) is 11.3 Å². The van der Waals surface area contributed by atoms with Crippen LogP contribution in [0, 0.1) is 5.82 Å². The molecule has 0 atom stereocenters. The maximum atomic E-state index is 13.9. The number of anilines is 1. The topological polar surface area (TPSA) is 88.9 Å². The third kappa shape index (κ3) is 3.32. The maximum absolute atomic E-state index is 13.9. The van der Waals surface area contributed by atoms with E-state index in [0.29, 0.717) is 11.4 Å². The van der Waals surface area contributed by atoms with Crippen molar-refractivity contribution < 1.29 is 9.18 Å². The molecule has 1 amide bonds. The molecule has 24 heavy (non-hydrogen) atoms. The fourth-order valence-electron chi connectivity index (χ4n) is 2.21. The van der Waals surface area contributed by atoms with Crippen molar-refractivity contribution in [3.63, 3.8) is 0 Å². The molecule has 0 aliphatic carbocycles. The summed E-state index contributed by atoms with van der Waals surface area (Å²) < 4.78 is 16.5. The maximum Gasteiger partial charge on any atom is 0.328 e. The van der Waals surface area contributed by atoms with Crippen LogP contribution >= 0.6 is 0 Å². The SMILES string of the molecule is O=C(Cn1ccc(=O)[nH]c1=O)Nc1ccc(F)c(-n2cccc2)c1. The molecule has 0 saturated carbocycles. The van der Waals surface area contributed by atoms with Crippen LogP contribution < -0.4 is 16.6 Å². The summed E-state index contributed by atoms with van der Waals surface area (Å²) in [7, 11) is 0. The second-order valence-electron chi connectivity index (χ2n) is 5.04. The lowest BCUT2D eigenvalue weighted by Gasteiger charge is -2.10. The lowest BCUT2D eigenvalue weighted by atomic mass is 10.2. The van der Waals surface area contributed by atoms with E-state index in [4.69, 9.17) is 0 Å². The smallest absolute Gasteiger partial charge is 0.324 e. The van der Waals surface area contributed by atoms with Crippen molar-refractivity contribution in [3.8, 4) is 5.69 Å². The number of carbonyl (C=O) groups is 1. The van der Waals surface area contributed by atoms with E-state index in [1.54, 1.807) is 29.1 Å². The van der Waals surface area contributed by atoms with Crippen LogP contribution in [0.5, 0.6) is 0 Å². The predicted octanol–water partition coefficient (Wildman–Crippen LogP) is 1.11. The number of halogens is 1. The van der Waals surface area contributed by atoms with E-state index >= 15 is 0 Å². The normalized spacial score (nSPS) is 10.5. The molecular formula is C16H13FN4O3. The Kier molecular flexibility index (Phi) is 4.11. The van der Waals surface area contributed by atoms with Crippen LogP contribution in [-0.4, -0.2) is 20.0 Å². The number of hydrogen-bond donors (Lipinski definition) is 2. The Bertz CT molecular complexity index is 989. The fraction of sp³-hybridized carbons (Fsp3) is 0.0625. The van der Waals surface area contributed by atoms with Crippen LogP contribution in [0.4, 0.5) is 10.1 Å². The van der Waals surface area contributed by atoms with Crippen LogP contribution in [0.15, 0.2) is 64.6 Å². The summed E-state index contributed by atoms with van der Waals surface area (Å²) in [6.07, 6.45) is 4.60. The van der Waals surface area contributed by atoms with E-state index in [0.717, 1.165) is 10.6 Å². The van der Waals surface area contributed by atoms with Crippen LogP contribution in [0.3, 0.4) is 0 Å². The number of rotatable bonds is 4. The van der Waals surface area contributed by atoms with Gasteiger partial charge in [0.15, 0.2) is 0 Å². The van der Waals surface area contributed by atoms with E-state index in [9.17, 15) is 18.8 Å². The van der Waals surface area contributed by atoms with Crippen molar-refractivity contribution in [2.75, 3.05) is 5.32 Å². The molecule has 1 aromatic carbocycles. The monoisotopic (exact) mass is 328 g/mol. The molecule has 0 spiro atoms. The Hall–Kier alpha value is -3.42. The lowest BCUT2D eigenvalue weighted by Crippen LogP contribution is -2.32. The second kappa shape index (κ2) is 6.37. The first kappa shape index (κ1) is 15.5. The second-order valence-corrected chi connectivity index (χ2v) is 5.04. The molecular weight excluding hydrogens is 315 g/mol. The zero-order valence-electron chi connectivity index (χ0n) is 12.4. The first-order chi connectivity index (χ1) is 11.5. The van der Waals surface area contributed by atoms with E-state index < -0.39 is 23.0 Å². The Morgan fingerprint density at radius 1 is 1.12 bits per heavy atom. The number of aromatic nitrogens is 3. The minimum Gasteiger partial charge on any atom is -0.324 e. The molecule has 0 unspecified atom stereocenters. The highest BCUT2D eigenvalue weighted by Crippen LogP contribution is 2.19. The number of hydrogen-bond acceptors (Lipinski definition) is 3. The summed E-state index contributed by atoms with van der Waals surface area (Å²) in [4.78, 5) is 36.7. The number of H-pyrrole nitrogens is 1. The molecule has 2 N–H and O–H groups in total. The number of nitrogens with one attached hydrogen (secondary N) is 2. The highest BCUT2D eigenvalue weighted by molar-refractivity contribution is 5.90. The van der Waals surface area contributed by atoms with Crippen molar-refractivity contribution >= 4 is 11.6 Å². The number of nitrogens with zero attached hydrogens (tertiary/aromatic N) is 2. The predicted molar refractivity (Wildman–Crippen MR) is 85.7 cm³/mol. The summed E-state index contributed by atoms with van der Waals surface area (Å²) in [5.74, 6) is -0.907. The van der Waals surface area contributed by atoms with Crippen molar-refractivity contribution in [2.45, 2.75) is 6.54 Å². The molecule has 3 aromatic rings. The fourth-order valence-corrected chi connectivity index (χ4v) is 2.21. The number of carbonyl (C=O) groups excluding carboxylic acids is 1. The van der Waals surface area contributed by atoms with Gasteiger partial charge in [-0.15, -0.1) is 0 Å². The van der Waals surface area contributed by atoms with Gasteiger partial charge in [0, 0.05) is 30.3 Å². The molecule has 122 valence electrons. The summed E-state index contributed by atoms with van der Waals surface area (Å²) in [5.41, 5.74) is -0.530. The van der Waals surface area contributed by atoms with Gasteiger partial charge in [0.25, 0.3) is 5.56 Å². The van der Waals surface area contributed by atoms with Gasteiger partial charge in [0.1, 0.15) is 12.4 Å². The van der Waals surface area contributed by atoms with Gasteiger partial charge in [-0.25, -0.2) is 9.18 Å². The van der Waals surface area contributed by atoms with Crippen LogP contribution in [0.2, 0.25) is 0 Å². The first-order valence-corrected chi connectivity index (χ1v) is 7.05. The third-order valence-corrected chi connectivity index (χ3v) is 3.32. The van der Waals surface area contributed by atoms with Gasteiger partial charge in [-0.05, 0) is 30.3 Å². The minimum atomic E-state index is -0.676. The van der Waals surface area contributed by atoms with Crippen molar-refractivity contribution in [3.05, 3.63) is 81.6 Å². The molecule has 0 aliphatic heterocycles.